The Kier molecular flexibility index (Phi) is 5.54. The fraction of sp³-hybridized carbons (Fsp3) is 0.688. The van der Waals surface area contributed by atoms with Gasteiger partial charge in [0.2, 0.25) is 0 Å². The van der Waals surface area contributed by atoms with E-state index in [0.717, 1.165) is 17.1 Å². The summed E-state index contributed by atoms with van der Waals surface area (Å²) in [6, 6.07) is 3.85. The molecule has 1 atom stereocenters. The van der Waals surface area contributed by atoms with Crippen molar-refractivity contribution in [2.24, 2.45) is 0 Å². The molecule has 0 aliphatic carbocycles. The standard InChI is InChI=1S/C16H28N2O2/c1-7-16(6,19)11-20-14-9-8-12(2)18-13(14)10-17-15(3,4)5/h8-9,17,19H,7,10-11H2,1-6H3. The summed E-state index contributed by atoms with van der Waals surface area (Å²) >= 11 is 0. The Balaban J connectivity index is 2.79. The molecule has 0 aliphatic heterocycles. The number of hydrogen-bond acceptors (Lipinski definition) is 4. The highest BCUT2D eigenvalue weighted by Crippen LogP contribution is 2.20. The van der Waals surface area contributed by atoms with Crippen LogP contribution >= 0.6 is 0 Å². The van der Waals surface area contributed by atoms with Gasteiger partial charge < -0.3 is 15.2 Å². The van der Waals surface area contributed by atoms with Gasteiger partial charge in [0, 0.05) is 17.8 Å². The highest BCUT2D eigenvalue weighted by Gasteiger charge is 2.20. The minimum atomic E-state index is -0.806. The Morgan fingerprint density at radius 1 is 1.25 bits per heavy atom. The van der Waals surface area contributed by atoms with E-state index >= 15 is 0 Å². The number of hydrogen-bond donors (Lipinski definition) is 2. The molecule has 114 valence electrons. The van der Waals surface area contributed by atoms with E-state index in [9.17, 15) is 5.11 Å². The third-order valence-electron chi connectivity index (χ3n) is 3.16. The Hall–Kier alpha value is -1.13. The van der Waals surface area contributed by atoms with E-state index in [-0.39, 0.29) is 12.1 Å². The van der Waals surface area contributed by atoms with Crippen molar-refractivity contribution >= 4 is 0 Å². The van der Waals surface area contributed by atoms with Gasteiger partial charge in [0.15, 0.2) is 0 Å². The Morgan fingerprint density at radius 3 is 2.45 bits per heavy atom. The lowest BCUT2D eigenvalue weighted by molar-refractivity contribution is 0.00798. The molecule has 1 unspecified atom stereocenters. The Labute approximate surface area is 122 Å². The number of aliphatic hydroxyl groups is 1. The average Bonchev–Trinajstić information content (AvgIpc) is 2.34. The lowest BCUT2D eigenvalue weighted by Gasteiger charge is -2.24. The third kappa shape index (κ3) is 5.88. The van der Waals surface area contributed by atoms with Crippen molar-refractivity contribution in [2.45, 2.75) is 65.6 Å². The Morgan fingerprint density at radius 2 is 1.90 bits per heavy atom. The summed E-state index contributed by atoms with van der Waals surface area (Å²) in [6.45, 7) is 13.0. The number of aryl methyl sites for hydroxylation is 1. The molecule has 0 radical (unpaired) electrons. The highest BCUT2D eigenvalue weighted by atomic mass is 16.5. The van der Waals surface area contributed by atoms with Gasteiger partial charge in [0.1, 0.15) is 12.4 Å². The van der Waals surface area contributed by atoms with Crippen LogP contribution in [0.3, 0.4) is 0 Å². The summed E-state index contributed by atoms with van der Waals surface area (Å²) in [4.78, 5) is 4.53. The molecule has 4 nitrogen and oxygen atoms in total. The van der Waals surface area contributed by atoms with Gasteiger partial charge in [-0.1, -0.05) is 6.92 Å². The first-order valence-electron chi connectivity index (χ1n) is 7.20. The summed E-state index contributed by atoms with van der Waals surface area (Å²) in [5.41, 5.74) is 1.06. The molecule has 1 rings (SSSR count). The zero-order valence-electron chi connectivity index (χ0n) is 13.6. The average molecular weight is 280 g/mol. The summed E-state index contributed by atoms with van der Waals surface area (Å²) in [5.74, 6) is 0.737. The van der Waals surface area contributed by atoms with Crippen molar-refractivity contribution in [3.8, 4) is 5.75 Å². The van der Waals surface area contributed by atoms with E-state index in [1.807, 2.05) is 26.0 Å². The van der Waals surface area contributed by atoms with Gasteiger partial charge in [-0.2, -0.15) is 0 Å². The van der Waals surface area contributed by atoms with Gasteiger partial charge >= 0.3 is 0 Å². The number of ether oxygens (including phenoxy) is 1. The van der Waals surface area contributed by atoms with Crippen LogP contribution in [0.2, 0.25) is 0 Å². The predicted octanol–water partition coefficient (Wildman–Crippen LogP) is 2.82. The fourth-order valence-electron chi connectivity index (χ4n) is 1.54. The molecule has 0 fully saturated rings. The van der Waals surface area contributed by atoms with Gasteiger partial charge in [0.25, 0.3) is 0 Å². The second-order valence-corrected chi connectivity index (χ2v) is 6.64. The normalized spacial score (nSPS) is 14.9. The topological polar surface area (TPSA) is 54.4 Å². The lowest BCUT2D eigenvalue weighted by atomic mass is 10.1. The third-order valence-corrected chi connectivity index (χ3v) is 3.16. The molecular weight excluding hydrogens is 252 g/mol. The van der Waals surface area contributed by atoms with Crippen LogP contribution in [0.4, 0.5) is 0 Å². The largest absolute Gasteiger partial charge is 0.489 e. The van der Waals surface area contributed by atoms with E-state index in [1.54, 1.807) is 6.92 Å². The van der Waals surface area contributed by atoms with Crippen molar-refractivity contribution in [2.75, 3.05) is 6.61 Å². The van der Waals surface area contributed by atoms with Crippen molar-refractivity contribution in [1.82, 2.24) is 10.3 Å². The van der Waals surface area contributed by atoms with Crippen molar-refractivity contribution < 1.29 is 9.84 Å². The van der Waals surface area contributed by atoms with Gasteiger partial charge in [-0.3, -0.25) is 4.98 Å². The summed E-state index contributed by atoms with van der Waals surface area (Å²) in [7, 11) is 0. The SMILES string of the molecule is CCC(C)(O)COc1ccc(C)nc1CNC(C)(C)C. The number of rotatable bonds is 6. The van der Waals surface area contributed by atoms with Crippen LogP contribution in [0.1, 0.15) is 52.4 Å². The zero-order chi connectivity index (χ0) is 15.4. The molecule has 0 spiro atoms. The molecule has 0 saturated carbocycles. The predicted molar refractivity (Wildman–Crippen MR) is 82.0 cm³/mol. The maximum atomic E-state index is 10.0. The maximum Gasteiger partial charge on any atom is 0.142 e. The van der Waals surface area contributed by atoms with Crippen LogP contribution in [-0.2, 0) is 6.54 Å². The van der Waals surface area contributed by atoms with E-state index in [0.29, 0.717) is 13.0 Å². The second kappa shape index (κ2) is 6.55. The molecule has 0 saturated heterocycles. The van der Waals surface area contributed by atoms with Crippen molar-refractivity contribution in [3.63, 3.8) is 0 Å². The molecule has 1 heterocycles. The summed E-state index contributed by atoms with van der Waals surface area (Å²) < 4.78 is 5.76. The number of aromatic nitrogens is 1. The molecule has 2 N–H and O–H groups in total. The van der Waals surface area contributed by atoms with Gasteiger partial charge in [-0.15, -0.1) is 0 Å². The number of nitrogens with one attached hydrogen (secondary N) is 1. The maximum absolute atomic E-state index is 10.0. The minimum Gasteiger partial charge on any atom is -0.489 e. The molecule has 1 aromatic heterocycles. The number of pyridine rings is 1. The summed E-state index contributed by atoms with van der Waals surface area (Å²) in [6.07, 6.45) is 0.655. The van der Waals surface area contributed by atoms with Gasteiger partial charge in [0.05, 0.1) is 11.3 Å². The molecule has 0 amide bonds. The second-order valence-electron chi connectivity index (χ2n) is 6.64. The van der Waals surface area contributed by atoms with Crippen LogP contribution < -0.4 is 10.1 Å². The zero-order valence-corrected chi connectivity index (χ0v) is 13.6. The minimum absolute atomic E-state index is 0.0254. The van der Waals surface area contributed by atoms with Crippen LogP contribution in [0.5, 0.6) is 5.75 Å². The quantitative estimate of drug-likeness (QED) is 0.841. The van der Waals surface area contributed by atoms with Crippen LogP contribution in [0.15, 0.2) is 12.1 Å². The van der Waals surface area contributed by atoms with Crippen molar-refractivity contribution in [3.05, 3.63) is 23.5 Å². The van der Waals surface area contributed by atoms with Gasteiger partial charge in [-0.25, -0.2) is 0 Å². The van der Waals surface area contributed by atoms with E-state index in [1.165, 1.54) is 0 Å². The first kappa shape index (κ1) is 16.9. The molecular formula is C16H28N2O2. The number of nitrogens with zero attached hydrogens (tertiary/aromatic N) is 1. The first-order chi connectivity index (χ1) is 9.13. The van der Waals surface area contributed by atoms with E-state index < -0.39 is 5.60 Å². The van der Waals surface area contributed by atoms with E-state index in [2.05, 4.69) is 31.1 Å². The molecule has 1 aromatic rings. The fourth-order valence-corrected chi connectivity index (χ4v) is 1.54. The molecule has 0 aliphatic rings. The van der Waals surface area contributed by atoms with Gasteiger partial charge in [-0.05, 0) is 53.2 Å². The lowest BCUT2D eigenvalue weighted by Crippen LogP contribution is -2.36. The Bertz CT molecular complexity index is 437. The van der Waals surface area contributed by atoms with Crippen LogP contribution in [0, 0.1) is 6.92 Å². The molecule has 20 heavy (non-hydrogen) atoms. The van der Waals surface area contributed by atoms with Crippen LogP contribution in [-0.4, -0.2) is 27.8 Å². The van der Waals surface area contributed by atoms with Crippen molar-refractivity contribution in [1.29, 1.82) is 0 Å². The first-order valence-corrected chi connectivity index (χ1v) is 7.20. The van der Waals surface area contributed by atoms with Crippen LogP contribution in [0.25, 0.3) is 0 Å². The monoisotopic (exact) mass is 280 g/mol. The smallest absolute Gasteiger partial charge is 0.142 e. The highest BCUT2D eigenvalue weighted by molar-refractivity contribution is 5.29. The molecule has 0 aromatic carbocycles. The summed E-state index contributed by atoms with van der Waals surface area (Å²) in [5, 5.41) is 13.4. The molecule has 4 heteroatoms. The molecule has 0 bridgehead atoms. The van der Waals surface area contributed by atoms with E-state index in [4.69, 9.17) is 4.74 Å².